The summed E-state index contributed by atoms with van der Waals surface area (Å²) < 4.78 is 22.3. The molecule has 2 aromatic heterocycles. The predicted molar refractivity (Wildman–Crippen MR) is 82.0 cm³/mol. The molecule has 0 aromatic carbocycles. The third-order valence-corrected chi connectivity index (χ3v) is 2.96. The van der Waals surface area contributed by atoms with Crippen LogP contribution in [0.15, 0.2) is 11.1 Å². The SMILES string of the molecule is COCC(COC)OC(OC(C)=O)n1cnc2c(=O)[nH]c(N)nc21. The Morgan fingerprint density at radius 2 is 2.04 bits per heavy atom. The van der Waals surface area contributed by atoms with E-state index in [2.05, 4.69) is 15.0 Å². The van der Waals surface area contributed by atoms with Crippen LogP contribution in [0.5, 0.6) is 0 Å². The summed E-state index contributed by atoms with van der Waals surface area (Å²) in [4.78, 5) is 33.6. The standard InChI is InChI=1S/C13H19N5O6/c1-7(19)23-13(24-8(4-21-2)5-22-3)18-6-15-9-10(18)16-12(14)17-11(9)20/h6,8,13H,4-5H2,1-3H3,(H3,14,16,17,20). The summed E-state index contributed by atoms with van der Waals surface area (Å²) >= 11 is 0. The van der Waals surface area contributed by atoms with Gasteiger partial charge in [-0.2, -0.15) is 4.98 Å². The van der Waals surface area contributed by atoms with Gasteiger partial charge in [0.25, 0.3) is 12.0 Å². The van der Waals surface area contributed by atoms with Gasteiger partial charge in [-0.15, -0.1) is 0 Å². The van der Waals surface area contributed by atoms with Gasteiger partial charge in [-0.25, -0.2) is 4.98 Å². The van der Waals surface area contributed by atoms with Crippen molar-refractivity contribution in [3.05, 3.63) is 16.7 Å². The molecule has 1 atom stereocenters. The Labute approximate surface area is 136 Å². The van der Waals surface area contributed by atoms with Gasteiger partial charge in [0, 0.05) is 21.1 Å². The van der Waals surface area contributed by atoms with Crippen molar-refractivity contribution in [2.45, 2.75) is 19.4 Å². The predicted octanol–water partition coefficient (Wildman–Crippen LogP) is -0.601. The number of nitrogen functional groups attached to an aromatic ring is 1. The Morgan fingerprint density at radius 3 is 2.62 bits per heavy atom. The summed E-state index contributed by atoms with van der Waals surface area (Å²) in [6.45, 7) is 1.63. The fourth-order valence-electron chi connectivity index (χ4n) is 2.05. The zero-order valence-corrected chi connectivity index (χ0v) is 13.5. The number of carbonyl (C=O) groups is 1. The smallest absolute Gasteiger partial charge is 0.306 e. The second-order valence-electron chi connectivity index (χ2n) is 4.86. The number of nitrogens with two attached hydrogens (primary N) is 1. The van der Waals surface area contributed by atoms with Crippen molar-refractivity contribution in [1.29, 1.82) is 0 Å². The van der Waals surface area contributed by atoms with Crippen molar-refractivity contribution in [2.75, 3.05) is 33.2 Å². The lowest BCUT2D eigenvalue weighted by Gasteiger charge is -2.24. The number of anilines is 1. The highest BCUT2D eigenvalue weighted by Crippen LogP contribution is 2.19. The molecular weight excluding hydrogens is 322 g/mol. The van der Waals surface area contributed by atoms with Gasteiger partial charge < -0.3 is 24.7 Å². The average Bonchev–Trinajstić information content (AvgIpc) is 2.90. The Morgan fingerprint density at radius 1 is 1.38 bits per heavy atom. The number of aromatic nitrogens is 4. The summed E-state index contributed by atoms with van der Waals surface area (Å²) in [6, 6.07) is 0. The maximum Gasteiger partial charge on any atom is 0.306 e. The molecule has 0 amide bonds. The molecule has 0 aliphatic rings. The Balaban J connectivity index is 2.40. The minimum atomic E-state index is -1.21. The number of methoxy groups -OCH3 is 2. The number of esters is 1. The van der Waals surface area contributed by atoms with Gasteiger partial charge in [-0.05, 0) is 0 Å². The van der Waals surface area contributed by atoms with Crippen molar-refractivity contribution in [2.24, 2.45) is 0 Å². The summed E-state index contributed by atoms with van der Waals surface area (Å²) in [5.74, 6) is -0.686. The maximum atomic E-state index is 11.8. The minimum absolute atomic E-state index is 0.0417. The van der Waals surface area contributed by atoms with E-state index < -0.39 is 24.0 Å². The van der Waals surface area contributed by atoms with Gasteiger partial charge in [0.1, 0.15) is 12.4 Å². The van der Waals surface area contributed by atoms with Crippen molar-refractivity contribution >= 4 is 23.1 Å². The fraction of sp³-hybridized carbons (Fsp3) is 0.538. The molecule has 2 rings (SSSR count). The number of carbonyl (C=O) groups excluding carboxylic acids is 1. The fourth-order valence-corrected chi connectivity index (χ4v) is 2.05. The number of hydrogen-bond donors (Lipinski definition) is 2. The molecule has 0 radical (unpaired) electrons. The van der Waals surface area contributed by atoms with Crippen molar-refractivity contribution in [1.82, 2.24) is 19.5 Å². The van der Waals surface area contributed by atoms with Crippen LogP contribution in [0, 0.1) is 0 Å². The van der Waals surface area contributed by atoms with Crippen LogP contribution >= 0.6 is 0 Å². The van der Waals surface area contributed by atoms with Crippen LogP contribution in [0.25, 0.3) is 11.2 Å². The monoisotopic (exact) mass is 341 g/mol. The van der Waals surface area contributed by atoms with E-state index in [-0.39, 0.29) is 30.3 Å². The normalized spacial score (nSPS) is 12.7. The largest absolute Gasteiger partial charge is 0.416 e. The minimum Gasteiger partial charge on any atom is -0.416 e. The van der Waals surface area contributed by atoms with Crippen LogP contribution in [0.3, 0.4) is 0 Å². The van der Waals surface area contributed by atoms with Crippen molar-refractivity contribution in [3.63, 3.8) is 0 Å². The van der Waals surface area contributed by atoms with E-state index in [9.17, 15) is 9.59 Å². The molecule has 132 valence electrons. The number of nitrogens with zero attached hydrogens (tertiary/aromatic N) is 3. The zero-order valence-electron chi connectivity index (χ0n) is 13.5. The molecule has 0 bridgehead atoms. The number of ether oxygens (including phenoxy) is 4. The molecule has 0 spiro atoms. The molecule has 11 nitrogen and oxygen atoms in total. The average molecular weight is 341 g/mol. The Bertz CT molecular complexity index is 751. The molecule has 1 unspecified atom stereocenters. The van der Waals surface area contributed by atoms with E-state index in [1.54, 1.807) is 0 Å². The highest BCUT2D eigenvalue weighted by Gasteiger charge is 2.24. The van der Waals surface area contributed by atoms with E-state index >= 15 is 0 Å². The van der Waals surface area contributed by atoms with Gasteiger partial charge >= 0.3 is 5.97 Å². The van der Waals surface area contributed by atoms with E-state index in [0.717, 1.165) is 0 Å². The number of hydrogen-bond acceptors (Lipinski definition) is 9. The molecule has 0 saturated carbocycles. The summed E-state index contributed by atoms with van der Waals surface area (Å²) in [5.41, 5.74) is 5.21. The zero-order chi connectivity index (χ0) is 17.7. The number of imidazole rings is 1. The topological polar surface area (TPSA) is 144 Å². The van der Waals surface area contributed by atoms with Gasteiger partial charge in [-0.3, -0.25) is 19.1 Å². The number of aromatic amines is 1. The lowest BCUT2D eigenvalue weighted by Crippen LogP contribution is -2.31. The van der Waals surface area contributed by atoms with Gasteiger partial charge in [0.15, 0.2) is 11.2 Å². The first-order valence-electron chi connectivity index (χ1n) is 6.99. The summed E-state index contributed by atoms with van der Waals surface area (Å²) in [7, 11) is 3.00. The molecule has 2 heterocycles. The summed E-state index contributed by atoms with van der Waals surface area (Å²) in [5, 5.41) is 0. The number of rotatable bonds is 8. The Kier molecular flexibility index (Phi) is 5.84. The quantitative estimate of drug-likeness (QED) is 0.475. The van der Waals surface area contributed by atoms with Crippen molar-refractivity contribution in [3.8, 4) is 0 Å². The molecule has 0 saturated heterocycles. The number of H-pyrrole nitrogens is 1. The molecule has 2 aromatic rings. The van der Waals surface area contributed by atoms with Gasteiger partial charge in [-0.1, -0.05) is 0 Å². The summed E-state index contributed by atoms with van der Waals surface area (Å²) in [6.07, 6.45) is -0.464. The second kappa shape index (κ2) is 7.86. The van der Waals surface area contributed by atoms with Crippen LogP contribution in [0.1, 0.15) is 13.3 Å². The molecule has 24 heavy (non-hydrogen) atoms. The third-order valence-electron chi connectivity index (χ3n) is 2.96. The van der Waals surface area contributed by atoms with Gasteiger partial charge in [0.2, 0.25) is 5.95 Å². The van der Waals surface area contributed by atoms with Crippen LogP contribution in [-0.2, 0) is 23.7 Å². The molecule has 11 heteroatoms. The van der Waals surface area contributed by atoms with Crippen molar-refractivity contribution < 1.29 is 23.7 Å². The number of nitrogens with one attached hydrogen (secondary N) is 1. The van der Waals surface area contributed by atoms with Crippen LogP contribution in [0.2, 0.25) is 0 Å². The van der Waals surface area contributed by atoms with E-state index in [1.807, 2.05) is 0 Å². The first-order valence-corrected chi connectivity index (χ1v) is 6.99. The highest BCUT2D eigenvalue weighted by atomic mass is 16.7. The van der Waals surface area contributed by atoms with Crippen LogP contribution in [-0.4, -0.2) is 59.0 Å². The first-order chi connectivity index (χ1) is 11.5. The van der Waals surface area contributed by atoms with E-state index in [4.69, 9.17) is 24.7 Å². The number of fused-ring (bicyclic) bond motifs is 1. The van der Waals surface area contributed by atoms with E-state index in [0.29, 0.717) is 0 Å². The maximum absolute atomic E-state index is 11.8. The molecular formula is C13H19N5O6. The van der Waals surface area contributed by atoms with E-state index in [1.165, 1.54) is 32.0 Å². The molecule has 0 aliphatic carbocycles. The highest BCUT2D eigenvalue weighted by molar-refractivity contribution is 5.71. The van der Waals surface area contributed by atoms with Crippen LogP contribution in [0.4, 0.5) is 5.95 Å². The van der Waals surface area contributed by atoms with Gasteiger partial charge in [0.05, 0.1) is 13.2 Å². The molecule has 0 aliphatic heterocycles. The lowest BCUT2D eigenvalue weighted by atomic mass is 10.4. The second-order valence-corrected chi connectivity index (χ2v) is 4.86. The molecule has 0 fully saturated rings. The first kappa shape index (κ1) is 17.8. The van der Waals surface area contributed by atoms with Crippen LogP contribution < -0.4 is 11.3 Å². The molecule has 3 N–H and O–H groups in total. The third kappa shape index (κ3) is 4.07. The Hall–Kier alpha value is -2.50. The lowest BCUT2D eigenvalue weighted by molar-refractivity contribution is -0.225.